The zero-order valence-electron chi connectivity index (χ0n) is 17.4. The molecule has 5 rings (SSSR count). The number of aryl methyl sites for hydroxylation is 1. The van der Waals surface area contributed by atoms with E-state index < -0.39 is 0 Å². The third kappa shape index (κ3) is 3.79. The molecule has 2 N–H and O–H groups in total. The molecule has 0 saturated carbocycles. The van der Waals surface area contributed by atoms with Gasteiger partial charge in [-0.1, -0.05) is 42.5 Å². The van der Waals surface area contributed by atoms with Crippen LogP contribution in [0.1, 0.15) is 5.69 Å². The van der Waals surface area contributed by atoms with E-state index >= 15 is 0 Å². The van der Waals surface area contributed by atoms with E-state index in [1.807, 2.05) is 91.9 Å². The van der Waals surface area contributed by atoms with Gasteiger partial charge in [0.1, 0.15) is 5.75 Å². The number of nitrogen functional groups attached to an aromatic ring is 1. The van der Waals surface area contributed by atoms with Crippen LogP contribution >= 0.6 is 0 Å². The number of aromatic nitrogens is 5. The van der Waals surface area contributed by atoms with Gasteiger partial charge in [-0.05, 0) is 49.4 Å². The molecule has 0 atom stereocenters. The highest BCUT2D eigenvalue weighted by Crippen LogP contribution is 2.38. The fraction of sp³-hybridized carbons (Fsp3) is 0.0400. The van der Waals surface area contributed by atoms with Crippen LogP contribution in [0.3, 0.4) is 0 Å². The zero-order chi connectivity index (χ0) is 21.9. The van der Waals surface area contributed by atoms with Gasteiger partial charge in [-0.3, -0.25) is 4.98 Å². The first-order valence-corrected chi connectivity index (χ1v) is 10.1. The number of nitrogens with zero attached hydrogens (tertiary/aromatic N) is 5. The van der Waals surface area contributed by atoms with Crippen molar-refractivity contribution in [1.29, 1.82) is 0 Å². The third-order valence-corrected chi connectivity index (χ3v) is 4.90. The quantitative estimate of drug-likeness (QED) is 0.427. The van der Waals surface area contributed by atoms with Crippen molar-refractivity contribution in [1.82, 2.24) is 24.7 Å². The predicted molar refractivity (Wildman–Crippen MR) is 123 cm³/mol. The van der Waals surface area contributed by atoms with Gasteiger partial charge in [0, 0.05) is 6.20 Å². The van der Waals surface area contributed by atoms with Gasteiger partial charge in [-0.2, -0.15) is 9.78 Å². The van der Waals surface area contributed by atoms with E-state index in [1.54, 1.807) is 10.9 Å². The Bertz CT molecular complexity index is 1350. The Labute approximate surface area is 185 Å². The monoisotopic (exact) mass is 420 g/mol. The number of para-hydroxylation sites is 2. The summed E-state index contributed by atoms with van der Waals surface area (Å²) in [5, 5.41) is 4.76. The molecule has 0 spiro atoms. The van der Waals surface area contributed by atoms with E-state index in [-0.39, 0.29) is 5.95 Å². The van der Waals surface area contributed by atoms with Gasteiger partial charge < -0.3 is 10.5 Å². The van der Waals surface area contributed by atoms with E-state index in [0.29, 0.717) is 28.7 Å². The Hall–Kier alpha value is -4.52. The van der Waals surface area contributed by atoms with Gasteiger partial charge in [0.15, 0.2) is 0 Å². The number of hydrogen-bond acceptors (Lipinski definition) is 6. The van der Waals surface area contributed by atoms with Crippen molar-refractivity contribution in [2.45, 2.75) is 6.92 Å². The molecule has 156 valence electrons. The molecule has 0 aliphatic rings. The number of nitrogens with two attached hydrogens (primary N) is 1. The van der Waals surface area contributed by atoms with Crippen LogP contribution < -0.4 is 10.5 Å². The SMILES string of the molecule is Cc1nn(-c2ccccc2)c(Oc2ccccc2)c1-c1cc(-c2ccccn2)nc(N)n1. The van der Waals surface area contributed by atoms with Gasteiger partial charge in [-0.25, -0.2) is 9.97 Å². The first-order chi connectivity index (χ1) is 15.7. The molecule has 0 aliphatic carbocycles. The van der Waals surface area contributed by atoms with Gasteiger partial charge in [-0.15, -0.1) is 0 Å². The fourth-order valence-electron chi connectivity index (χ4n) is 3.48. The van der Waals surface area contributed by atoms with Crippen molar-refractivity contribution in [3.63, 3.8) is 0 Å². The summed E-state index contributed by atoms with van der Waals surface area (Å²) in [6.07, 6.45) is 1.72. The van der Waals surface area contributed by atoms with E-state index in [1.165, 1.54) is 0 Å². The Morgan fingerprint density at radius 1 is 0.781 bits per heavy atom. The van der Waals surface area contributed by atoms with Crippen molar-refractivity contribution in [2.24, 2.45) is 0 Å². The molecular weight excluding hydrogens is 400 g/mol. The van der Waals surface area contributed by atoms with Crippen LogP contribution in [0, 0.1) is 6.92 Å². The van der Waals surface area contributed by atoms with Crippen LogP contribution in [0.15, 0.2) is 91.1 Å². The lowest BCUT2D eigenvalue weighted by atomic mass is 10.1. The maximum atomic E-state index is 6.34. The summed E-state index contributed by atoms with van der Waals surface area (Å²) in [6, 6.07) is 26.9. The fourth-order valence-corrected chi connectivity index (χ4v) is 3.48. The van der Waals surface area contributed by atoms with Crippen molar-refractivity contribution in [3.05, 3.63) is 96.8 Å². The minimum atomic E-state index is 0.153. The summed E-state index contributed by atoms with van der Waals surface area (Å²) in [5.41, 5.74) is 10.4. The maximum Gasteiger partial charge on any atom is 0.232 e. The van der Waals surface area contributed by atoms with Crippen LogP contribution in [0.25, 0.3) is 28.3 Å². The minimum Gasteiger partial charge on any atom is -0.438 e. The normalized spacial score (nSPS) is 10.8. The molecule has 0 amide bonds. The van der Waals surface area contributed by atoms with E-state index in [4.69, 9.17) is 15.6 Å². The molecule has 0 saturated heterocycles. The second-order valence-electron chi connectivity index (χ2n) is 7.14. The molecule has 0 fully saturated rings. The van der Waals surface area contributed by atoms with Gasteiger partial charge in [0.2, 0.25) is 11.8 Å². The lowest BCUT2D eigenvalue weighted by Crippen LogP contribution is -2.02. The van der Waals surface area contributed by atoms with Crippen molar-refractivity contribution < 1.29 is 4.74 Å². The predicted octanol–water partition coefficient (Wildman–Crippen LogP) is 5.07. The molecule has 32 heavy (non-hydrogen) atoms. The largest absolute Gasteiger partial charge is 0.438 e. The average Bonchev–Trinajstić information content (AvgIpc) is 3.16. The molecule has 7 heteroatoms. The minimum absolute atomic E-state index is 0.153. The lowest BCUT2D eigenvalue weighted by molar-refractivity contribution is 0.446. The molecule has 3 heterocycles. The van der Waals surface area contributed by atoms with Gasteiger partial charge >= 0.3 is 0 Å². The van der Waals surface area contributed by atoms with Crippen LogP contribution in [0.2, 0.25) is 0 Å². The van der Waals surface area contributed by atoms with E-state index in [9.17, 15) is 0 Å². The third-order valence-electron chi connectivity index (χ3n) is 4.90. The average molecular weight is 420 g/mol. The summed E-state index contributed by atoms with van der Waals surface area (Å²) in [7, 11) is 0. The molecule has 3 aromatic heterocycles. The topological polar surface area (TPSA) is 91.7 Å². The van der Waals surface area contributed by atoms with Gasteiger partial charge in [0.05, 0.1) is 34.0 Å². The number of benzene rings is 2. The van der Waals surface area contributed by atoms with Crippen LogP contribution in [-0.4, -0.2) is 24.7 Å². The number of ether oxygens (including phenoxy) is 1. The molecule has 5 aromatic rings. The Balaban J connectivity index is 1.71. The smallest absolute Gasteiger partial charge is 0.232 e. The Morgan fingerprint density at radius 3 is 2.19 bits per heavy atom. The summed E-state index contributed by atoms with van der Waals surface area (Å²) in [5.74, 6) is 1.39. The highest BCUT2D eigenvalue weighted by atomic mass is 16.5. The van der Waals surface area contributed by atoms with Crippen LogP contribution in [-0.2, 0) is 0 Å². The molecule has 0 radical (unpaired) electrons. The van der Waals surface area contributed by atoms with Gasteiger partial charge in [0.25, 0.3) is 0 Å². The second kappa shape index (κ2) is 8.31. The second-order valence-corrected chi connectivity index (χ2v) is 7.14. The Morgan fingerprint density at radius 2 is 1.47 bits per heavy atom. The van der Waals surface area contributed by atoms with E-state index in [2.05, 4.69) is 15.0 Å². The summed E-state index contributed by atoms with van der Waals surface area (Å²) < 4.78 is 8.11. The first-order valence-electron chi connectivity index (χ1n) is 10.1. The molecule has 0 aliphatic heterocycles. The molecule has 0 unspecified atom stereocenters. The highest BCUT2D eigenvalue weighted by molar-refractivity contribution is 5.74. The number of hydrogen-bond donors (Lipinski definition) is 1. The molecule has 7 nitrogen and oxygen atoms in total. The van der Waals surface area contributed by atoms with E-state index in [0.717, 1.165) is 16.9 Å². The number of anilines is 1. The number of rotatable bonds is 5. The molecular formula is C25H20N6O. The molecule has 2 aromatic carbocycles. The summed E-state index contributed by atoms with van der Waals surface area (Å²) in [4.78, 5) is 13.3. The highest BCUT2D eigenvalue weighted by Gasteiger charge is 2.23. The van der Waals surface area contributed by atoms with Crippen LogP contribution in [0.5, 0.6) is 11.6 Å². The van der Waals surface area contributed by atoms with Crippen molar-refractivity contribution in [2.75, 3.05) is 5.73 Å². The zero-order valence-corrected chi connectivity index (χ0v) is 17.4. The van der Waals surface area contributed by atoms with Crippen LogP contribution in [0.4, 0.5) is 5.95 Å². The van der Waals surface area contributed by atoms with Crippen molar-refractivity contribution >= 4 is 5.95 Å². The maximum absolute atomic E-state index is 6.34. The lowest BCUT2D eigenvalue weighted by Gasteiger charge is -2.12. The van der Waals surface area contributed by atoms with Crippen molar-refractivity contribution in [3.8, 4) is 40.0 Å². The molecule has 0 bridgehead atoms. The standard InChI is InChI=1S/C25H20N6O/c1-17-23(22-16-21(28-25(26)29-22)20-14-8-9-15-27-20)24(32-19-12-6-3-7-13-19)31(30-17)18-10-4-2-5-11-18/h2-16H,1H3,(H2,26,28,29). The summed E-state index contributed by atoms with van der Waals surface area (Å²) >= 11 is 0. The summed E-state index contributed by atoms with van der Waals surface area (Å²) in [6.45, 7) is 1.92. The number of pyridine rings is 1. The first kappa shape index (κ1) is 19.4. The Kier molecular flexibility index (Phi) is 5.05.